The van der Waals surface area contributed by atoms with Crippen LogP contribution >= 0.6 is 0 Å². The Morgan fingerprint density at radius 3 is 2.27 bits per heavy atom. The van der Waals surface area contributed by atoms with Crippen molar-refractivity contribution in [3.63, 3.8) is 0 Å². The summed E-state index contributed by atoms with van der Waals surface area (Å²) in [4.78, 5) is 9.76. The molecule has 1 N–H and O–H groups in total. The Bertz CT molecular complexity index is 99.5. The molecule has 0 aromatic rings. The van der Waals surface area contributed by atoms with Crippen molar-refractivity contribution in [1.29, 1.82) is 0 Å². The maximum absolute atomic E-state index is 8.82. The third kappa shape index (κ3) is 6.28. The third-order valence-corrected chi connectivity index (χ3v) is 1.14. The molecule has 0 aliphatic rings. The first-order chi connectivity index (χ1) is 4.98. The highest BCUT2D eigenvalue weighted by molar-refractivity contribution is 4.63. The van der Waals surface area contributed by atoms with E-state index >= 15 is 0 Å². The molecule has 3 heteroatoms. The molecule has 0 aliphatic carbocycles. The molecule has 0 rings (SSSR count). The van der Waals surface area contributed by atoms with Crippen LogP contribution in [0.1, 0.15) is 27.7 Å². The summed E-state index contributed by atoms with van der Waals surface area (Å²) in [6.07, 6.45) is 0.0736. The van der Waals surface area contributed by atoms with Crippen molar-refractivity contribution in [3.05, 3.63) is 0 Å². The average molecular weight is 162 g/mol. The number of hydrogen-bond donors (Lipinski definition) is 1. The van der Waals surface area contributed by atoms with Crippen LogP contribution in [0.5, 0.6) is 0 Å². The maximum atomic E-state index is 8.82. The van der Waals surface area contributed by atoms with E-state index in [1.807, 2.05) is 27.7 Å². The Morgan fingerprint density at radius 2 is 1.91 bits per heavy atom. The molecule has 0 atom stereocenters. The van der Waals surface area contributed by atoms with E-state index in [4.69, 9.17) is 14.9 Å². The van der Waals surface area contributed by atoms with Crippen LogP contribution in [0, 0.1) is 5.41 Å². The van der Waals surface area contributed by atoms with E-state index in [0.29, 0.717) is 6.61 Å². The van der Waals surface area contributed by atoms with Crippen LogP contribution in [0.3, 0.4) is 0 Å². The number of hydrogen-bond acceptors (Lipinski definition) is 3. The smallest absolute Gasteiger partial charge is 0.0895 e. The van der Waals surface area contributed by atoms with Gasteiger partial charge in [0.25, 0.3) is 0 Å². The molecular formula is C8H18O3. The summed E-state index contributed by atoms with van der Waals surface area (Å²) in [5.41, 5.74) is -0.213. The molecule has 0 radical (unpaired) electrons. The van der Waals surface area contributed by atoms with Crippen LogP contribution in [0.25, 0.3) is 0 Å². The van der Waals surface area contributed by atoms with E-state index < -0.39 is 0 Å². The Kier molecular flexibility index (Phi) is 4.65. The van der Waals surface area contributed by atoms with E-state index in [0.717, 1.165) is 0 Å². The highest BCUT2D eigenvalue weighted by Gasteiger charge is 2.17. The van der Waals surface area contributed by atoms with Gasteiger partial charge in [-0.2, -0.15) is 0 Å². The van der Waals surface area contributed by atoms with E-state index in [1.54, 1.807) is 0 Å². The van der Waals surface area contributed by atoms with Crippen molar-refractivity contribution < 1.29 is 14.9 Å². The minimum absolute atomic E-state index is 0.0736. The topological polar surface area (TPSA) is 38.7 Å². The van der Waals surface area contributed by atoms with Crippen LogP contribution in [0.2, 0.25) is 0 Å². The van der Waals surface area contributed by atoms with Crippen molar-refractivity contribution >= 4 is 0 Å². The predicted molar refractivity (Wildman–Crippen MR) is 43.0 cm³/mol. The summed E-state index contributed by atoms with van der Waals surface area (Å²) in [6.45, 7) is 8.14. The fourth-order valence-corrected chi connectivity index (χ4v) is 0.375. The van der Waals surface area contributed by atoms with Gasteiger partial charge in [0.15, 0.2) is 0 Å². The summed E-state index contributed by atoms with van der Waals surface area (Å²) < 4.78 is 0. The van der Waals surface area contributed by atoms with Crippen molar-refractivity contribution in [2.75, 3.05) is 13.2 Å². The van der Waals surface area contributed by atoms with Crippen molar-refractivity contribution in [3.8, 4) is 0 Å². The molecule has 0 aliphatic heterocycles. The molecule has 0 saturated carbocycles. The standard InChI is InChI=1S/C8H18O3/c1-7(2)11-10-6-8(3,4)5-9/h7,9H,5-6H2,1-4H3. The Labute approximate surface area is 68.2 Å². The second kappa shape index (κ2) is 4.70. The lowest BCUT2D eigenvalue weighted by Crippen LogP contribution is -2.24. The number of aliphatic hydroxyl groups is 1. The molecule has 11 heavy (non-hydrogen) atoms. The second-order valence-corrected chi connectivity index (χ2v) is 3.73. The van der Waals surface area contributed by atoms with Gasteiger partial charge in [0.2, 0.25) is 0 Å². The number of rotatable bonds is 5. The normalized spacial score (nSPS) is 12.5. The predicted octanol–water partition coefficient (Wildman–Crippen LogP) is 1.36. The van der Waals surface area contributed by atoms with Crippen molar-refractivity contribution in [1.82, 2.24) is 0 Å². The van der Waals surface area contributed by atoms with E-state index in [9.17, 15) is 0 Å². The minimum Gasteiger partial charge on any atom is -0.396 e. The molecule has 0 bridgehead atoms. The second-order valence-electron chi connectivity index (χ2n) is 3.73. The average Bonchev–Trinajstić information content (AvgIpc) is 1.87. The Balaban J connectivity index is 3.38. The zero-order chi connectivity index (χ0) is 8.91. The fraction of sp³-hybridized carbons (Fsp3) is 1.00. The Morgan fingerprint density at radius 1 is 1.36 bits per heavy atom. The lowest BCUT2D eigenvalue weighted by atomic mass is 9.97. The summed E-state index contributed by atoms with van der Waals surface area (Å²) in [5, 5.41) is 8.82. The zero-order valence-corrected chi connectivity index (χ0v) is 7.76. The van der Waals surface area contributed by atoms with Crippen LogP contribution < -0.4 is 0 Å². The molecule has 0 spiro atoms. The van der Waals surface area contributed by atoms with Crippen molar-refractivity contribution in [2.45, 2.75) is 33.8 Å². The Hall–Kier alpha value is -0.120. The van der Waals surface area contributed by atoms with Gasteiger partial charge in [-0.15, -0.1) is 0 Å². The van der Waals surface area contributed by atoms with Crippen LogP contribution in [0.15, 0.2) is 0 Å². The van der Waals surface area contributed by atoms with E-state index in [2.05, 4.69) is 0 Å². The monoisotopic (exact) mass is 162 g/mol. The van der Waals surface area contributed by atoms with Gasteiger partial charge < -0.3 is 5.11 Å². The molecule has 0 heterocycles. The highest BCUT2D eigenvalue weighted by atomic mass is 17.2. The first-order valence-electron chi connectivity index (χ1n) is 3.87. The summed E-state index contributed by atoms with van der Waals surface area (Å²) in [6, 6.07) is 0. The lowest BCUT2D eigenvalue weighted by Gasteiger charge is -2.20. The van der Waals surface area contributed by atoms with E-state index in [1.165, 1.54) is 0 Å². The zero-order valence-electron chi connectivity index (χ0n) is 7.76. The van der Waals surface area contributed by atoms with Gasteiger partial charge >= 0.3 is 0 Å². The van der Waals surface area contributed by atoms with Gasteiger partial charge in [0.1, 0.15) is 0 Å². The SMILES string of the molecule is CC(C)OOCC(C)(C)CO. The number of aliphatic hydroxyl groups excluding tert-OH is 1. The molecule has 0 saturated heterocycles. The molecule has 3 nitrogen and oxygen atoms in total. The van der Waals surface area contributed by atoms with Crippen molar-refractivity contribution in [2.24, 2.45) is 5.41 Å². The summed E-state index contributed by atoms with van der Waals surface area (Å²) >= 11 is 0. The van der Waals surface area contributed by atoms with Gasteiger partial charge in [-0.3, -0.25) is 0 Å². The quantitative estimate of drug-likeness (QED) is 0.490. The van der Waals surface area contributed by atoms with Gasteiger partial charge in [-0.05, 0) is 13.8 Å². The highest BCUT2D eigenvalue weighted by Crippen LogP contribution is 2.13. The van der Waals surface area contributed by atoms with Crippen LogP contribution in [-0.2, 0) is 9.78 Å². The molecule has 68 valence electrons. The van der Waals surface area contributed by atoms with Crippen LogP contribution in [-0.4, -0.2) is 24.4 Å². The molecule has 0 fully saturated rings. The molecule has 0 aromatic heterocycles. The molecule has 0 unspecified atom stereocenters. The largest absolute Gasteiger partial charge is 0.396 e. The van der Waals surface area contributed by atoms with E-state index in [-0.39, 0.29) is 18.1 Å². The van der Waals surface area contributed by atoms with Gasteiger partial charge in [0, 0.05) is 5.41 Å². The van der Waals surface area contributed by atoms with Crippen LogP contribution in [0.4, 0.5) is 0 Å². The molecular weight excluding hydrogens is 144 g/mol. The minimum atomic E-state index is -0.213. The van der Waals surface area contributed by atoms with Gasteiger partial charge in [0.05, 0.1) is 19.3 Å². The first-order valence-corrected chi connectivity index (χ1v) is 3.87. The molecule has 0 amide bonds. The third-order valence-electron chi connectivity index (χ3n) is 1.14. The first kappa shape index (κ1) is 10.9. The maximum Gasteiger partial charge on any atom is 0.0895 e. The summed E-state index contributed by atoms with van der Waals surface area (Å²) in [7, 11) is 0. The fourth-order valence-electron chi connectivity index (χ4n) is 0.375. The lowest BCUT2D eigenvalue weighted by molar-refractivity contribution is -0.330. The molecule has 0 aromatic carbocycles. The van der Waals surface area contributed by atoms with Gasteiger partial charge in [-0.25, -0.2) is 9.78 Å². The van der Waals surface area contributed by atoms with Gasteiger partial charge in [-0.1, -0.05) is 13.8 Å². The summed E-state index contributed by atoms with van der Waals surface area (Å²) in [5.74, 6) is 0.